The molecule has 0 amide bonds. The average molecular weight is 418 g/mol. The van der Waals surface area contributed by atoms with Gasteiger partial charge in [0.05, 0.1) is 20.8 Å². The van der Waals surface area contributed by atoms with Gasteiger partial charge >= 0.3 is 0 Å². The van der Waals surface area contributed by atoms with Crippen molar-refractivity contribution in [3.63, 3.8) is 0 Å². The van der Waals surface area contributed by atoms with E-state index in [2.05, 4.69) is 10.3 Å². The fourth-order valence-corrected chi connectivity index (χ4v) is 3.87. The summed E-state index contributed by atoms with van der Waals surface area (Å²) >= 11 is 0. The smallest absolute Gasteiger partial charge is 0.193 e. The molecule has 0 bridgehead atoms. The van der Waals surface area contributed by atoms with E-state index in [1.165, 1.54) is 0 Å². The van der Waals surface area contributed by atoms with Crippen LogP contribution in [0.25, 0.3) is 0 Å². The van der Waals surface area contributed by atoms with Crippen molar-refractivity contribution in [1.29, 1.82) is 0 Å². The number of methoxy groups -OCH3 is 2. The van der Waals surface area contributed by atoms with Crippen LogP contribution in [-0.2, 0) is 23.1 Å². The topological polar surface area (TPSA) is 63.2 Å². The van der Waals surface area contributed by atoms with E-state index in [0.29, 0.717) is 24.6 Å². The lowest BCUT2D eigenvalue weighted by atomic mass is 10.2. The molecule has 2 rings (SSSR count). The number of aliphatic imine (C=N–C) groups is 1. The molecule has 0 spiro atoms. The number of hydrogen-bond donors (Lipinski definition) is 1. The first-order chi connectivity index (χ1) is 14.1. The Kier molecular flexibility index (Phi) is 9.50. The van der Waals surface area contributed by atoms with Gasteiger partial charge in [0.25, 0.3) is 0 Å². The van der Waals surface area contributed by atoms with Crippen molar-refractivity contribution in [2.24, 2.45) is 4.99 Å². The molecule has 0 aromatic heterocycles. The van der Waals surface area contributed by atoms with E-state index in [9.17, 15) is 4.21 Å². The summed E-state index contributed by atoms with van der Waals surface area (Å²) in [6.45, 7) is 3.93. The highest BCUT2D eigenvalue weighted by Crippen LogP contribution is 2.25. The van der Waals surface area contributed by atoms with E-state index in [1.807, 2.05) is 67.4 Å². The Morgan fingerprint density at radius 1 is 1.14 bits per heavy atom. The third kappa shape index (κ3) is 7.42. The number of ether oxygens (including phenoxy) is 2. The largest absolute Gasteiger partial charge is 0.497 e. The standard InChI is InChI=1S/C22H31N3O3S/c1-5-23-22(24-13-14-29(26)17-18-9-7-6-8-10-18)25(2)16-19-11-12-20(27-3)15-21(19)28-4/h6-12,15H,5,13-14,16-17H2,1-4H3,(H,23,24). The number of nitrogens with zero attached hydrogens (tertiary/aromatic N) is 2. The summed E-state index contributed by atoms with van der Waals surface area (Å²) in [4.78, 5) is 6.69. The van der Waals surface area contributed by atoms with Crippen molar-refractivity contribution in [1.82, 2.24) is 10.2 Å². The molecule has 0 fully saturated rings. The summed E-state index contributed by atoms with van der Waals surface area (Å²) in [6.07, 6.45) is 0. The molecule has 0 aliphatic carbocycles. The fraction of sp³-hybridized carbons (Fsp3) is 0.409. The molecule has 0 radical (unpaired) electrons. The van der Waals surface area contributed by atoms with Gasteiger partial charge in [-0.15, -0.1) is 0 Å². The molecule has 29 heavy (non-hydrogen) atoms. The minimum atomic E-state index is -0.939. The van der Waals surface area contributed by atoms with Crippen LogP contribution in [0.15, 0.2) is 53.5 Å². The molecular weight excluding hydrogens is 386 g/mol. The summed E-state index contributed by atoms with van der Waals surface area (Å²) in [5, 5.41) is 3.30. The van der Waals surface area contributed by atoms with Gasteiger partial charge in [-0.1, -0.05) is 30.3 Å². The monoisotopic (exact) mass is 417 g/mol. The van der Waals surface area contributed by atoms with Gasteiger partial charge in [0.2, 0.25) is 0 Å². The van der Waals surface area contributed by atoms with E-state index >= 15 is 0 Å². The SMILES string of the molecule is CCNC(=NCCS(=O)Cc1ccccc1)N(C)Cc1ccc(OC)cc1OC. The first-order valence-corrected chi connectivity index (χ1v) is 11.2. The predicted octanol–water partition coefficient (Wildman–Crippen LogP) is 3.05. The van der Waals surface area contributed by atoms with Crippen molar-refractivity contribution in [3.05, 3.63) is 59.7 Å². The van der Waals surface area contributed by atoms with E-state index in [4.69, 9.17) is 9.47 Å². The van der Waals surface area contributed by atoms with Gasteiger partial charge in [-0.05, 0) is 24.6 Å². The number of benzene rings is 2. The zero-order valence-electron chi connectivity index (χ0n) is 17.7. The van der Waals surface area contributed by atoms with Crippen molar-refractivity contribution in [2.45, 2.75) is 19.2 Å². The molecule has 1 N–H and O–H groups in total. The fourth-order valence-electron chi connectivity index (χ4n) is 2.87. The highest BCUT2D eigenvalue weighted by atomic mass is 32.2. The molecule has 6 nitrogen and oxygen atoms in total. The lowest BCUT2D eigenvalue weighted by Gasteiger charge is -2.23. The zero-order chi connectivity index (χ0) is 21.1. The molecule has 0 aliphatic heterocycles. The zero-order valence-corrected chi connectivity index (χ0v) is 18.5. The normalized spacial score (nSPS) is 12.3. The second-order valence-electron chi connectivity index (χ2n) is 6.54. The van der Waals surface area contributed by atoms with Crippen LogP contribution in [0.2, 0.25) is 0 Å². The minimum absolute atomic E-state index is 0.506. The summed E-state index contributed by atoms with van der Waals surface area (Å²) in [6, 6.07) is 15.7. The number of guanidine groups is 1. The maximum atomic E-state index is 12.3. The Morgan fingerprint density at radius 2 is 1.90 bits per heavy atom. The van der Waals surface area contributed by atoms with E-state index < -0.39 is 10.8 Å². The van der Waals surface area contributed by atoms with Gasteiger partial charge in [-0.25, -0.2) is 0 Å². The van der Waals surface area contributed by atoms with E-state index in [0.717, 1.165) is 35.1 Å². The summed E-state index contributed by atoms with van der Waals surface area (Å²) < 4.78 is 23.1. The highest BCUT2D eigenvalue weighted by Gasteiger charge is 2.11. The van der Waals surface area contributed by atoms with Crippen LogP contribution in [0.5, 0.6) is 11.5 Å². The Labute approximate surface area is 176 Å². The van der Waals surface area contributed by atoms with Crippen molar-refractivity contribution in [3.8, 4) is 11.5 Å². The predicted molar refractivity (Wildman–Crippen MR) is 120 cm³/mol. The summed E-state index contributed by atoms with van der Waals surface area (Å²) in [7, 11) is 4.33. The second-order valence-corrected chi connectivity index (χ2v) is 8.12. The maximum absolute atomic E-state index is 12.3. The lowest BCUT2D eigenvalue weighted by molar-refractivity contribution is 0.382. The first-order valence-electron chi connectivity index (χ1n) is 9.66. The third-order valence-electron chi connectivity index (χ3n) is 4.35. The molecule has 2 aromatic rings. The minimum Gasteiger partial charge on any atom is -0.497 e. The number of hydrogen-bond acceptors (Lipinski definition) is 4. The Balaban J connectivity index is 1.97. The van der Waals surface area contributed by atoms with Crippen molar-refractivity contribution in [2.75, 3.05) is 40.1 Å². The number of nitrogens with one attached hydrogen (secondary N) is 1. The molecule has 1 unspecified atom stereocenters. The van der Waals surface area contributed by atoms with Crippen molar-refractivity contribution >= 4 is 16.8 Å². The van der Waals surface area contributed by atoms with Crippen molar-refractivity contribution < 1.29 is 13.7 Å². The van der Waals surface area contributed by atoms with Crippen LogP contribution in [0, 0.1) is 0 Å². The highest BCUT2D eigenvalue weighted by molar-refractivity contribution is 7.84. The molecule has 0 saturated heterocycles. The van der Waals surface area contributed by atoms with Crippen LogP contribution in [0.4, 0.5) is 0 Å². The number of rotatable bonds is 10. The maximum Gasteiger partial charge on any atom is 0.193 e. The van der Waals surface area contributed by atoms with Crippen LogP contribution in [0.3, 0.4) is 0 Å². The molecule has 158 valence electrons. The lowest BCUT2D eigenvalue weighted by Crippen LogP contribution is -2.38. The average Bonchev–Trinajstić information content (AvgIpc) is 2.74. The second kappa shape index (κ2) is 12.1. The molecule has 0 heterocycles. The Hall–Kier alpha value is -2.54. The molecule has 0 saturated carbocycles. The molecular formula is C22H31N3O3S. The van der Waals surface area contributed by atoms with Gasteiger partial charge < -0.3 is 19.7 Å². The Bertz CT molecular complexity index is 812. The Morgan fingerprint density at radius 3 is 2.55 bits per heavy atom. The van der Waals surface area contributed by atoms with E-state index in [-0.39, 0.29) is 0 Å². The van der Waals surface area contributed by atoms with E-state index in [1.54, 1.807) is 14.2 Å². The molecule has 0 aliphatic rings. The summed E-state index contributed by atoms with van der Waals surface area (Å²) in [5.74, 6) is 3.41. The van der Waals surface area contributed by atoms with Crippen LogP contribution < -0.4 is 14.8 Å². The van der Waals surface area contributed by atoms with Gasteiger partial charge in [-0.3, -0.25) is 9.20 Å². The van der Waals surface area contributed by atoms with Gasteiger partial charge in [0.1, 0.15) is 11.5 Å². The van der Waals surface area contributed by atoms with Crippen LogP contribution in [0.1, 0.15) is 18.1 Å². The molecule has 7 heteroatoms. The van der Waals surface area contributed by atoms with Gasteiger partial charge in [-0.2, -0.15) is 0 Å². The third-order valence-corrected chi connectivity index (χ3v) is 5.64. The van der Waals surface area contributed by atoms with Crippen LogP contribution in [-0.4, -0.2) is 55.2 Å². The molecule has 2 aromatic carbocycles. The van der Waals surface area contributed by atoms with Gasteiger partial charge in [0, 0.05) is 54.1 Å². The summed E-state index contributed by atoms with van der Waals surface area (Å²) in [5.41, 5.74) is 2.12. The first kappa shape index (κ1) is 22.7. The van der Waals surface area contributed by atoms with Crippen LogP contribution >= 0.6 is 0 Å². The van der Waals surface area contributed by atoms with Gasteiger partial charge in [0.15, 0.2) is 5.96 Å². The quantitative estimate of drug-likeness (QED) is 0.476. The molecule has 1 atom stereocenters.